The molecule has 0 saturated heterocycles. The zero-order valence-corrected chi connectivity index (χ0v) is 15.8. The Bertz CT molecular complexity index is 235. The topological polar surface area (TPSA) is 51.4 Å². The molecule has 0 aliphatic carbocycles. The van der Waals surface area contributed by atoms with Gasteiger partial charge in [-0.2, -0.15) is 0 Å². The van der Waals surface area contributed by atoms with Gasteiger partial charge >= 0.3 is 0 Å². The summed E-state index contributed by atoms with van der Waals surface area (Å²) < 4.78 is 0. The van der Waals surface area contributed by atoms with Crippen molar-refractivity contribution in [2.45, 2.75) is 58.2 Å². The van der Waals surface area contributed by atoms with Crippen LogP contribution < -0.4 is 21.3 Å². The third-order valence-electron chi connectivity index (χ3n) is 4.08. The Labute approximate surface area is 139 Å². The average Bonchev–Trinajstić information content (AvgIpc) is 2.47. The van der Waals surface area contributed by atoms with Crippen molar-refractivity contribution in [1.29, 1.82) is 0 Å². The van der Waals surface area contributed by atoms with Crippen LogP contribution in [0.4, 0.5) is 0 Å². The summed E-state index contributed by atoms with van der Waals surface area (Å²) in [7, 11) is 6.33. The van der Waals surface area contributed by atoms with Gasteiger partial charge in [-0.25, -0.2) is 0 Å². The smallest absolute Gasteiger partial charge is 0.0119 e. The lowest BCUT2D eigenvalue weighted by Gasteiger charge is -2.31. The molecule has 0 spiro atoms. The van der Waals surface area contributed by atoms with Gasteiger partial charge in [-0.15, -0.1) is 0 Å². The summed E-state index contributed by atoms with van der Waals surface area (Å²) in [6.07, 6.45) is 3.63. The molecule has 0 heterocycles. The van der Waals surface area contributed by atoms with Crippen molar-refractivity contribution in [3.8, 4) is 0 Å². The second-order valence-corrected chi connectivity index (χ2v) is 6.68. The second-order valence-electron chi connectivity index (χ2n) is 6.68. The average molecular weight is 316 g/mol. The Kier molecular flexibility index (Phi) is 14.3. The van der Waals surface area contributed by atoms with Crippen molar-refractivity contribution in [3.05, 3.63) is 0 Å². The molecule has 0 aromatic heterocycles. The molecule has 22 heavy (non-hydrogen) atoms. The van der Waals surface area contributed by atoms with Gasteiger partial charge < -0.3 is 26.2 Å². The maximum atomic E-state index is 3.65. The van der Waals surface area contributed by atoms with Crippen molar-refractivity contribution in [3.63, 3.8) is 0 Å². The molecular weight excluding hydrogens is 274 g/mol. The molecule has 0 aromatic rings. The molecule has 134 valence electrons. The molecule has 0 aliphatic heterocycles. The fourth-order valence-corrected chi connectivity index (χ4v) is 2.69. The first-order valence-electron chi connectivity index (χ1n) is 8.97. The first-order chi connectivity index (χ1) is 10.5. The van der Waals surface area contributed by atoms with Crippen LogP contribution in [0.3, 0.4) is 0 Å². The monoisotopic (exact) mass is 315 g/mol. The van der Waals surface area contributed by atoms with Gasteiger partial charge in [0.05, 0.1) is 0 Å². The van der Waals surface area contributed by atoms with Crippen LogP contribution in [0, 0.1) is 0 Å². The highest BCUT2D eigenvalue weighted by Crippen LogP contribution is 2.10. The predicted octanol–water partition coefficient (Wildman–Crippen LogP) is 0.872. The van der Waals surface area contributed by atoms with E-state index in [0.717, 1.165) is 32.7 Å². The van der Waals surface area contributed by atoms with Crippen LogP contribution >= 0.6 is 0 Å². The van der Waals surface area contributed by atoms with Crippen LogP contribution in [-0.4, -0.2) is 76.9 Å². The molecule has 0 saturated carbocycles. The normalized spacial score (nSPS) is 14.7. The quantitative estimate of drug-likeness (QED) is 0.338. The van der Waals surface area contributed by atoms with E-state index in [1.807, 2.05) is 14.1 Å². The van der Waals surface area contributed by atoms with Crippen molar-refractivity contribution >= 4 is 0 Å². The Hall–Kier alpha value is -0.200. The van der Waals surface area contributed by atoms with Gasteiger partial charge in [0.2, 0.25) is 0 Å². The van der Waals surface area contributed by atoms with Gasteiger partial charge in [0.25, 0.3) is 0 Å². The Morgan fingerprint density at radius 1 is 0.864 bits per heavy atom. The molecule has 0 bridgehead atoms. The Morgan fingerprint density at radius 3 is 2.09 bits per heavy atom. The third kappa shape index (κ3) is 12.4. The summed E-state index contributed by atoms with van der Waals surface area (Å²) in [6, 6.07) is 1.77. The van der Waals surface area contributed by atoms with Crippen LogP contribution in [0.2, 0.25) is 0 Å². The largest absolute Gasteiger partial charge is 0.320 e. The highest BCUT2D eigenvalue weighted by Gasteiger charge is 2.17. The minimum atomic E-state index is 0.558. The van der Waals surface area contributed by atoms with Crippen LogP contribution in [0.15, 0.2) is 0 Å². The van der Waals surface area contributed by atoms with E-state index in [9.17, 15) is 0 Å². The Morgan fingerprint density at radius 2 is 1.50 bits per heavy atom. The SMILES string of the molecule is CNCCCN(C)C(CCNC)CC(C)NCCNC(C)C. The molecule has 0 aromatic carbocycles. The highest BCUT2D eigenvalue weighted by atomic mass is 15.1. The fourth-order valence-electron chi connectivity index (χ4n) is 2.69. The van der Waals surface area contributed by atoms with Crippen LogP contribution in [0.5, 0.6) is 0 Å². The van der Waals surface area contributed by atoms with Crippen LogP contribution in [-0.2, 0) is 0 Å². The summed E-state index contributed by atoms with van der Waals surface area (Å²) in [5.41, 5.74) is 0. The predicted molar refractivity (Wildman–Crippen MR) is 98.7 cm³/mol. The molecule has 2 atom stereocenters. The van der Waals surface area contributed by atoms with E-state index in [0.29, 0.717) is 18.1 Å². The van der Waals surface area contributed by atoms with Gasteiger partial charge in [-0.1, -0.05) is 13.8 Å². The second kappa shape index (κ2) is 14.4. The van der Waals surface area contributed by atoms with Crippen molar-refractivity contribution in [1.82, 2.24) is 26.2 Å². The van der Waals surface area contributed by atoms with Crippen molar-refractivity contribution in [2.75, 3.05) is 53.9 Å². The lowest BCUT2D eigenvalue weighted by molar-refractivity contribution is 0.202. The van der Waals surface area contributed by atoms with Crippen molar-refractivity contribution < 1.29 is 0 Å². The van der Waals surface area contributed by atoms with Gasteiger partial charge in [-0.3, -0.25) is 0 Å². The van der Waals surface area contributed by atoms with Crippen LogP contribution in [0.25, 0.3) is 0 Å². The van der Waals surface area contributed by atoms with Crippen molar-refractivity contribution in [2.24, 2.45) is 0 Å². The van der Waals surface area contributed by atoms with E-state index in [1.54, 1.807) is 0 Å². The molecule has 0 fully saturated rings. The van der Waals surface area contributed by atoms with E-state index in [1.165, 1.54) is 19.3 Å². The molecule has 2 unspecified atom stereocenters. The Balaban J connectivity index is 4.08. The number of hydrogen-bond donors (Lipinski definition) is 4. The lowest BCUT2D eigenvalue weighted by Crippen LogP contribution is -2.42. The van der Waals surface area contributed by atoms with Gasteiger partial charge in [-0.05, 0) is 67.0 Å². The summed E-state index contributed by atoms with van der Waals surface area (Å²) in [6.45, 7) is 12.1. The van der Waals surface area contributed by atoms with E-state index in [2.05, 4.69) is 54.0 Å². The van der Waals surface area contributed by atoms with Crippen LogP contribution in [0.1, 0.15) is 40.0 Å². The summed E-state index contributed by atoms with van der Waals surface area (Å²) in [5.74, 6) is 0. The number of rotatable bonds is 15. The van der Waals surface area contributed by atoms with E-state index in [4.69, 9.17) is 0 Å². The first kappa shape index (κ1) is 21.8. The molecule has 5 heteroatoms. The van der Waals surface area contributed by atoms with E-state index < -0.39 is 0 Å². The number of nitrogens with zero attached hydrogens (tertiary/aromatic N) is 1. The molecular formula is C17H41N5. The summed E-state index contributed by atoms with van der Waals surface area (Å²) in [5, 5.41) is 13.6. The third-order valence-corrected chi connectivity index (χ3v) is 4.08. The lowest BCUT2D eigenvalue weighted by atomic mass is 10.0. The molecule has 0 aliphatic rings. The molecule has 0 amide bonds. The van der Waals surface area contributed by atoms with Gasteiger partial charge in [0.15, 0.2) is 0 Å². The van der Waals surface area contributed by atoms with Gasteiger partial charge in [0, 0.05) is 31.2 Å². The first-order valence-corrected chi connectivity index (χ1v) is 8.97. The molecule has 5 nitrogen and oxygen atoms in total. The summed E-state index contributed by atoms with van der Waals surface area (Å²) in [4.78, 5) is 2.53. The zero-order valence-electron chi connectivity index (χ0n) is 15.8. The zero-order chi connectivity index (χ0) is 16.8. The minimum Gasteiger partial charge on any atom is -0.320 e. The fraction of sp³-hybridized carbons (Fsp3) is 1.00. The molecule has 0 radical (unpaired) electrons. The molecule has 4 N–H and O–H groups in total. The number of nitrogens with one attached hydrogen (secondary N) is 4. The highest BCUT2D eigenvalue weighted by molar-refractivity contribution is 4.76. The maximum Gasteiger partial charge on any atom is 0.0119 e. The summed E-state index contributed by atoms with van der Waals surface area (Å²) >= 11 is 0. The van der Waals surface area contributed by atoms with E-state index in [-0.39, 0.29) is 0 Å². The van der Waals surface area contributed by atoms with Gasteiger partial charge in [0.1, 0.15) is 0 Å². The minimum absolute atomic E-state index is 0.558. The molecule has 0 rings (SSSR count). The maximum absolute atomic E-state index is 3.65. The standard InChI is InChI=1S/C17H41N5/c1-15(2)20-11-12-21-16(3)14-17(8-10-19-5)22(6)13-7-9-18-4/h15-21H,7-14H2,1-6H3. The van der Waals surface area contributed by atoms with E-state index >= 15 is 0 Å². The number of hydrogen-bond acceptors (Lipinski definition) is 5.